The number of ether oxygens (including phenoxy) is 1. The fourth-order valence-corrected chi connectivity index (χ4v) is 2.29. The van der Waals surface area contributed by atoms with Gasteiger partial charge in [0.15, 0.2) is 0 Å². The molecule has 0 bridgehead atoms. The SMILES string of the molecule is CCN(CC(N)(CO)c1ccccc1)C(C)COC. The van der Waals surface area contributed by atoms with E-state index in [1.54, 1.807) is 7.11 Å². The molecule has 0 saturated heterocycles. The first-order valence-electron chi connectivity index (χ1n) is 6.75. The van der Waals surface area contributed by atoms with Crippen molar-refractivity contribution in [1.29, 1.82) is 0 Å². The molecule has 1 aromatic carbocycles. The van der Waals surface area contributed by atoms with E-state index in [0.29, 0.717) is 13.2 Å². The molecule has 0 radical (unpaired) electrons. The van der Waals surface area contributed by atoms with Crippen LogP contribution in [0, 0.1) is 0 Å². The van der Waals surface area contributed by atoms with Crippen molar-refractivity contribution in [3.05, 3.63) is 35.9 Å². The Bertz CT molecular complexity index is 358. The van der Waals surface area contributed by atoms with Crippen LogP contribution < -0.4 is 5.73 Å². The van der Waals surface area contributed by atoms with Gasteiger partial charge in [-0.2, -0.15) is 0 Å². The first kappa shape index (κ1) is 16.1. The topological polar surface area (TPSA) is 58.7 Å². The van der Waals surface area contributed by atoms with Crippen molar-refractivity contribution in [2.45, 2.75) is 25.4 Å². The highest BCUT2D eigenvalue weighted by atomic mass is 16.5. The highest BCUT2D eigenvalue weighted by Gasteiger charge is 2.30. The summed E-state index contributed by atoms with van der Waals surface area (Å²) >= 11 is 0. The summed E-state index contributed by atoms with van der Waals surface area (Å²) in [5.41, 5.74) is 6.62. The third-order valence-electron chi connectivity index (χ3n) is 3.55. The van der Waals surface area contributed by atoms with Gasteiger partial charge >= 0.3 is 0 Å². The molecule has 1 rings (SSSR count). The quantitative estimate of drug-likeness (QED) is 0.742. The van der Waals surface area contributed by atoms with Crippen molar-refractivity contribution in [2.24, 2.45) is 5.73 Å². The van der Waals surface area contributed by atoms with E-state index in [2.05, 4.69) is 18.7 Å². The van der Waals surface area contributed by atoms with E-state index in [1.165, 1.54) is 0 Å². The van der Waals surface area contributed by atoms with E-state index in [0.717, 1.165) is 12.1 Å². The molecule has 2 atom stereocenters. The fraction of sp³-hybridized carbons (Fsp3) is 0.600. The molecule has 4 heteroatoms. The van der Waals surface area contributed by atoms with Crippen LogP contribution in [0.3, 0.4) is 0 Å². The molecule has 0 aliphatic carbocycles. The number of aliphatic hydroxyl groups excluding tert-OH is 1. The highest BCUT2D eigenvalue weighted by molar-refractivity contribution is 5.24. The molecule has 0 aromatic heterocycles. The number of benzene rings is 1. The number of hydrogen-bond acceptors (Lipinski definition) is 4. The standard InChI is InChI=1S/C15H26N2O2/c1-4-17(13(2)10-19-3)11-15(16,12-18)14-8-6-5-7-9-14/h5-9,13,18H,4,10-12,16H2,1-3H3. The largest absolute Gasteiger partial charge is 0.394 e. The summed E-state index contributed by atoms with van der Waals surface area (Å²) in [4.78, 5) is 2.23. The second-order valence-corrected chi connectivity index (χ2v) is 5.05. The molecule has 0 spiro atoms. The van der Waals surface area contributed by atoms with Gasteiger partial charge < -0.3 is 15.6 Å². The van der Waals surface area contributed by atoms with E-state index in [4.69, 9.17) is 10.5 Å². The number of nitrogens with zero attached hydrogens (tertiary/aromatic N) is 1. The zero-order valence-electron chi connectivity index (χ0n) is 12.2. The molecule has 4 nitrogen and oxygen atoms in total. The smallest absolute Gasteiger partial charge is 0.0773 e. The summed E-state index contributed by atoms with van der Waals surface area (Å²) in [6, 6.07) is 10.0. The summed E-state index contributed by atoms with van der Waals surface area (Å²) in [5.74, 6) is 0. The van der Waals surface area contributed by atoms with Crippen LogP contribution in [0.15, 0.2) is 30.3 Å². The minimum atomic E-state index is -0.737. The van der Waals surface area contributed by atoms with Crippen LogP contribution in [0.25, 0.3) is 0 Å². The van der Waals surface area contributed by atoms with Gasteiger partial charge in [0, 0.05) is 19.7 Å². The number of rotatable bonds is 8. The van der Waals surface area contributed by atoms with Gasteiger partial charge in [0.25, 0.3) is 0 Å². The van der Waals surface area contributed by atoms with E-state index < -0.39 is 5.54 Å². The van der Waals surface area contributed by atoms with Gasteiger partial charge in [0.2, 0.25) is 0 Å². The van der Waals surface area contributed by atoms with Gasteiger partial charge in [-0.3, -0.25) is 4.90 Å². The second-order valence-electron chi connectivity index (χ2n) is 5.05. The molecule has 0 saturated carbocycles. The number of methoxy groups -OCH3 is 1. The molecular weight excluding hydrogens is 240 g/mol. The lowest BCUT2D eigenvalue weighted by Crippen LogP contribution is -2.53. The average Bonchev–Trinajstić information content (AvgIpc) is 2.45. The van der Waals surface area contributed by atoms with Crippen molar-refractivity contribution in [2.75, 3.05) is 33.4 Å². The van der Waals surface area contributed by atoms with Crippen LogP contribution in [0.4, 0.5) is 0 Å². The molecule has 0 aliphatic heterocycles. The van der Waals surface area contributed by atoms with Crippen LogP contribution in [0.5, 0.6) is 0 Å². The Labute approximate surface area is 116 Å². The van der Waals surface area contributed by atoms with Crippen LogP contribution in [-0.2, 0) is 10.3 Å². The lowest BCUT2D eigenvalue weighted by molar-refractivity contribution is 0.0695. The van der Waals surface area contributed by atoms with Gasteiger partial charge in [-0.15, -0.1) is 0 Å². The Hall–Kier alpha value is -0.940. The van der Waals surface area contributed by atoms with Crippen molar-refractivity contribution in [1.82, 2.24) is 4.90 Å². The monoisotopic (exact) mass is 266 g/mol. The van der Waals surface area contributed by atoms with Gasteiger partial charge in [0.1, 0.15) is 0 Å². The minimum absolute atomic E-state index is 0.0762. The number of likely N-dealkylation sites (N-methyl/N-ethyl adjacent to an activating group) is 1. The molecule has 2 unspecified atom stereocenters. The molecular formula is C15H26N2O2. The maximum absolute atomic E-state index is 9.71. The Kier molecular flexibility index (Phi) is 6.45. The van der Waals surface area contributed by atoms with E-state index in [9.17, 15) is 5.11 Å². The highest BCUT2D eigenvalue weighted by Crippen LogP contribution is 2.20. The van der Waals surface area contributed by atoms with Gasteiger partial charge in [0.05, 0.1) is 18.8 Å². The Morgan fingerprint density at radius 1 is 1.37 bits per heavy atom. The summed E-state index contributed by atoms with van der Waals surface area (Å²) in [5, 5.41) is 9.71. The third-order valence-corrected chi connectivity index (χ3v) is 3.55. The fourth-order valence-electron chi connectivity index (χ4n) is 2.29. The first-order valence-corrected chi connectivity index (χ1v) is 6.75. The first-order chi connectivity index (χ1) is 9.07. The third kappa shape index (κ3) is 4.28. The average molecular weight is 266 g/mol. The van der Waals surface area contributed by atoms with Gasteiger partial charge in [-0.1, -0.05) is 37.3 Å². The molecule has 19 heavy (non-hydrogen) atoms. The minimum Gasteiger partial charge on any atom is -0.394 e. The molecule has 1 aromatic rings. The maximum Gasteiger partial charge on any atom is 0.0773 e. The Morgan fingerprint density at radius 2 is 2.00 bits per heavy atom. The lowest BCUT2D eigenvalue weighted by atomic mass is 9.91. The molecule has 0 heterocycles. The second kappa shape index (κ2) is 7.60. The summed E-state index contributed by atoms with van der Waals surface area (Å²) in [6.07, 6.45) is 0. The van der Waals surface area contributed by atoms with Crippen molar-refractivity contribution >= 4 is 0 Å². The summed E-state index contributed by atoms with van der Waals surface area (Å²) in [6.45, 7) is 6.26. The Morgan fingerprint density at radius 3 is 2.47 bits per heavy atom. The molecule has 0 aliphatic rings. The van der Waals surface area contributed by atoms with Crippen LogP contribution in [0.1, 0.15) is 19.4 Å². The number of hydrogen-bond donors (Lipinski definition) is 2. The van der Waals surface area contributed by atoms with Crippen molar-refractivity contribution in [3.8, 4) is 0 Å². The predicted molar refractivity (Wildman–Crippen MR) is 78.0 cm³/mol. The summed E-state index contributed by atoms with van der Waals surface area (Å²) < 4.78 is 5.20. The molecule has 0 amide bonds. The molecule has 3 N–H and O–H groups in total. The van der Waals surface area contributed by atoms with Crippen molar-refractivity contribution < 1.29 is 9.84 Å². The number of nitrogens with two attached hydrogens (primary N) is 1. The molecule has 108 valence electrons. The van der Waals surface area contributed by atoms with Gasteiger partial charge in [-0.05, 0) is 19.0 Å². The van der Waals surface area contributed by atoms with Crippen LogP contribution >= 0.6 is 0 Å². The lowest BCUT2D eigenvalue weighted by Gasteiger charge is -2.37. The van der Waals surface area contributed by atoms with E-state index in [1.807, 2.05) is 30.3 Å². The maximum atomic E-state index is 9.71. The van der Waals surface area contributed by atoms with E-state index in [-0.39, 0.29) is 12.6 Å². The summed E-state index contributed by atoms with van der Waals surface area (Å²) in [7, 11) is 1.70. The van der Waals surface area contributed by atoms with Crippen LogP contribution in [-0.4, -0.2) is 49.5 Å². The van der Waals surface area contributed by atoms with Gasteiger partial charge in [-0.25, -0.2) is 0 Å². The predicted octanol–water partition coefficient (Wildman–Crippen LogP) is 1.19. The molecule has 0 fully saturated rings. The zero-order valence-corrected chi connectivity index (χ0v) is 12.2. The van der Waals surface area contributed by atoms with Crippen molar-refractivity contribution in [3.63, 3.8) is 0 Å². The van der Waals surface area contributed by atoms with Crippen LogP contribution in [0.2, 0.25) is 0 Å². The number of aliphatic hydroxyl groups is 1. The normalized spacial score (nSPS) is 16.3. The Balaban J connectivity index is 2.85. The zero-order chi connectivity index (χ0) is 14.3. The van der Waals surface area contributed by atoms with E-state index >= 15 is 0 Å².